The third-order valence-corrected chi connectivity index (χ3v) is 7.15. The molecule has 0 aliphatic carbocycles. The number of carbonyl (C=O) groups excluding carboxylic acids is 2. The lowest BCUT2D eigenvalue weighted by molar-refractivity contribution is 0.0696. The summed E-state index contributed by atoms with van der Waals surface area (Å²) in [4.78, 5) is 40.5. The lowest BCUT2D eigenvalue weighted by atomic mass is 10.0. The van der Waals surface area contributed by atoms with Crippen molar-refractivity contribution < 1.29 is 19.5 Å². The molecule has 0 saturated heterocycles. The molecule has 2 heterocycles. The fourth-order valence-corrected chi connectivity index (χ4v) is 5.43. The topological polar surface area (TPSA) is 86.7 Å². The highest BCUT2D eigenvalue weighted by Crippen LogP contribution is 2.38. The summed E-state index contributed by atoms with van der Waals surface area (Å²) in [5, 5.41) is 13.0. The first-order valence-electron chi connectivity index (χ1n) is 10.9. The highest BCUT2D eigenvalue weighted by atomic mass is 32.1. The van der Waals surface area contributed by atoms with Crippen LogP contribution < -0.4 is 5.32 Å². The summed E-state index contributed by atoms with van der Waals surface area (Å²) in [6, 6.07) is 13.0. The standard InChI is InChI=1S/C26H26N2O4S/c1-4-17-6-8-18(9-7-17)23(29)27-24-22(26(31)32)20-11-12-28(14-21(20)33-24)25(30)19-10-5-15(2)13-16(19)3/h5-10,13H,4,11-12,14H2,1-3H3,(H,27,29)(H,31,32). The SMILES string of the molecule is CCc1ccc(C(=O)Nc2sc3c(c2C(=O)O)CCN(C(=O)c2ccc(C)cc2C)C3)cc1. The highest BCUT2D eigenvalue weighted by Gasteiger charge is 2.31. The minimum absolute atomic E-state index is 0.0648. The summed E-state index contributed by atoms with van der Waals surface area (Å²) in [5.41, 5.74) is 5.10. The van der Waals surface area contributed by atoms with Gasteiger partial charge in [-0.1, -0.05) is 36.8 Å². The van der Waals surface area contributed by atoms with Crippen molar-refractivity contribution >= 4 is 34.1 Å². The lowest BCUT2D eigenvalue weighted by Crippen LogP contribution is -2.36. The van der Waals surface area contributed by atoms with Crippen LogP contribution in [0.25, 0.3) is 0 Å². The van der Waals surface area contributed by atoms with Gasteiger partial charge in [-0.15, -0.1) is 11.3 Å². The zero-order valence-corrected chi connectivity index (χ0v) is 19.7. The summed E-state index contributed by atoms with van der Waals surface area (Å²) < 4.78 is 0. The molecule has 6 nitrogen and oxygen atoms in total. The number of carbonyl (C=O) groups is 3. The summed E-state index contributed by atoms with van der Waals surface area (Å²) in [5.74, 6) is -1.48. The molecular weight excluding hydrogens is 436 g/mol. The molecule has 2 N–H and O–H groups in total. The molecule has 2 aromatic carbocycles. The van der Waals surface area contributed by atoms with Gasteiger partial charge in [-0.05, 0) is 61.6 Å². The van der Waals surface area contributed by atoms with Crippen LogP contribution in [0.2, 0.25) is 0 Å². The second kappa shape index (κ2) is 9.19. The minimum Gasteiger partial charge on any atom is -0.478 e. The van der Waals surface area contributed by atoms with Gasteiger partial charge in [0.15, 0.2) is 0 Å². The first kappa shape index (κ1) is 22.7. The number of nitrogens with zero attached hydrogens (tertiary/aromatic N) is 1. The van der Waals surface area contributed by atoms with E-state index in [1.807, 2.05) is 51.1 Å². The van der Waals surface area contributed by atoms with E-state index >= 15 is 0 Å². The van der Waals surface area contributed by atoms with Gasteiger partial charge in [-0.3, -0.25) is 9.59 Å². The first-order valence-corrected chi connectivity index (χ1v) is 11.7. The maximum atomic E-state index is 13.1. The summed E-state index contributed by atoms with van der Waals surface area (Å²) in [7, 11) is 0. The molecule has 7 heteroatoms. The fraction of sp³-hybridized carbons (Fsp3) is 0.269. The quantitative estimate of drug-likeness (QED) is 0.554. The number of nitrogens with one attached hydrogen (secondary N) is 1. The monoisotopic (exact) mass is 462 g/mol. The molecule has 0 saturated carbocycles. The third-order valence-electron chi connectivity index (χ3n) is 6.02. The van der Waals surface area contributed by atoms with Crippen molar-refractivity contribution in [3.05, 3.63) is 86.3 Å². The van der Waals surface area contributed by atoms with Crippen molar-refractivity contribution in [1.29, 1.82) is 0 Å². The Morgan fingerprint density at radius 2 is 1.82 bits per heavy atom. The number of benzene rings is 2. The molecule has 4 rings (SSSR count). The number of aryl methyl sites for hydroxylation is 3. The number of fused-ring (bicyclic) bond motifs is 1. The maximum absolute atomic E-state index is 13.1. The molecule has 0 unspecified atom stereocenters. The Kier molecular flexibility index (Phi) is 6.33. The third kappa shape index (κ3) is 4.54. The minimum atomic E-state index is -1.07. The Morgan fingerprint density at radius 3 is 2.45 bits per heavy atom. The Balaban J connectivity index is 1.58. The Morgan fingerprint density at radius 1 is 1.09 bits per heavy atom. The van der Waals surface area contributed by atoms with Gasteiger partial charge in [-0.2, -0.15) is 0 Å². The second-order valence-corrected chi connectivity index (χ2v) is 9.42. The van der Waals surface area contributed by atoms with Gasteiger partial charge in [0.2, 0.25) is 0 Å². The predicted molar refractivity (Wildman–Crippen MR) is 129 cm³/mol. The van der Waals surface area contributed by atoms with Crippen molar-refractivity contribution in [2.75, 3.05) is 11.9 Å². The van der Waals surface area contributed by atoms with Crippen molar-refractivity contribution in [1.82, 2.24) is 4.90 Å². The van der Waals surface area contributed by atoms with Crippen molar-refractivity contribution in [2.24, 2.45) is 0 Å². The molecular formula is C26H26N2O4S. The zero-order chi connectivity index (χ0) is 23.7. The van der Waals surface area contributed by atoms with Gasteiger partial charge in [0, 0.05) is 22.5 Å². The van der Waals surface area contributed by atoms with Crippen LogP contribution in [0.5, 0.6) is 0 Å². The van der Waals surface area contributed by atoms with E-state index in [4.69, 9.17) is 0 Å². The molecule has 2 amide bonds. The number of carboxylic acid groups (broad SMARTS) is 1. The molecule has 170 valence electrons. The van der Waals surface area contributed by atoms with E-state index < -0.39 is 5.97 Å². The van der Waals surface area contributed by atoms with E-state index in [0.29, 0.717) is 41.2 Å². The molecule has 0 bridgehead atoms. The zero-order valence-electron chi connectivity index (χ0n) is 18.9. The summed E-state index contributed by atoms with van der Waals surface area (Å²) >= 11 is 1.24. The van der Waals surface area contributed by atoms with Gasteiger partial charge < -0.3 is 15.3 Å². The van der Waals surface area contributed by atoms with E-state index in [2.05, 4.69) is 5.32 Å². The molecule has 1 aromatic heterocycles. The van der Waals surface area contributed by atoms with Crippen molar-refractivity contribution in [3.63, 3.8) is 0 Å². The molecule has 1 aliphatic rings. The van der Waals surface area contributed by atoms with Crippen LogP contribution in [0.4, 0.5) is 5.00 Å². The normalized spacial score (nSPS) is 12.9. The number of hydrogen-bond acceptors (Lipinski definition) is 4. The molecule has 33 heavy (non-hydrogen) atoms. The van der Waals surface area contributed by atoms with Gasteiger partial charge in [-0.25, -0.2) is 4.79 Å². The van der Waals surface area contributed by atoms with E-state index in [-0.39, 0.29) is 17.4 Å². The molecule has 0 radical (unpaired) electrons. The van der Waals surface area contributed by atoms with Crippen molar-refractivity contribution in [2.45, 2.75) is 40.2 Å². The predicted octanol–water partition coefficient (Wildman–Crippen LogP) is 5.08. The van der Waals surface area contributed by atoms with Crippen LogP contribution in [0.1, 0.15) is 65.1 Å². The van der Waals surface area contributed by atoms with Crippen LogP contribution in [-0.4, -0.2) is 34.3 Å². The number of thiophene rings is 1. The van der Waals surface area contributed by atoms with Crippen LogP contribution in [0.15, 0.2) is 42.5 Å². The van der Waals surface area contributed by atoms with Crippen LogP contribution in [0, 0.1) is 13.8 Å². The number of anilines is 1. The van der Waals surface area contributed by atoms with E-state index in [9.17, 15) is 19.5 Å². The summed E-state index contributed by atoms with van der Waals surface area (Å²) in [6.07, 6.45) is 1.31. The van der Waals surface area contributed by atoms with Gasteiger partial charge in [0.05, 0.1) is 12.1 Å². The van der Waals surface area contributed by atoms with Crippen LogP contribution in [0.3, 0.4) is 0 Å². The van der Waals surface area contributed by atoms with Gasteiger partial charge in [0.1, 0.15) is 5.00 Å². The molecule has 1 aliphatic heterocycles. The van der Waals surface area contributed by atoms with E-state index in [1.54, 1.807) is 17.0 Å². The van der Waals surface area contributed by atoms with E-state index in [0.717, 1.165) is 28.0 Å². The number of aromatic carboxylic acids is 1. The fourth-order valence-electron chi connectivity index (χ4n) is 4.18. The first-order chi connectivity index (χ1) is 15.8. The number of amides is 2. The van der Waals surface area contributed by atoms with Crippen molar-refractivity contribution in [3.8, 4) is 0 Å². The second-order valence-electron chi connectivity index (χ2n) is 8.31. The van der Waals surface area contributed by atoms with Crippen LogP contribution in [-0.2, 0) is 19.4 Å². The number of hydrogen-bond donors (Lipinski definition) is 2. The maximum Gasteiger partial charge on any atom is 0.339 e. The highest BCUT2D eigenvalue weighted by molar-refractivity contribution is 7.17. The van der Waals surface area contributed by atoms with Gasteiger partial charge in [0.25, 0.3) is 11.8 Å². The smallest absolute Gasteiger partial charge is 0.339 e. The molecule has 0 fully saturated rings. The van der Waals surface area contributed by atoms with Crippen LogP contribution >= 0.6 is 11.3 Å². The average Bonchev–Trinajstić information content (AvgIpc) is 3.15. The van der Waals surface area contributed by atoms with E-state index in [1.165, 1.54) is 11.3 Å². The Bertz CT molecular complexity index is 1240. The molecule has 3 aromatic rings. The number of rotatable bonds is 5. The molecule has 0 atom stereocenters. The Labute approximate surface area is 196 Å². The molecule has 0 spiro atoms. The Hall–Kier alpha value is -3.45. The largest absolute Gasteiger partial charge is 0.478 e. The lowest BCUT2D eigenvalue weighted by Gasteiger charge is -2.27. The summed E-state index contributed by atoms with van der Waals surface area (Å²) in [6.45, 7) is 6.71. The number of carboxylic acids is 1. The van der Waals surface area contributed by atoms with Gasteiger partial charge >= 0.3 is 5.97 Å². The average molecular weight is 463 g/mol.